The number of nitrogens with zero attached hydrogens (tertiary/aromatic N) is 4. The highest BCUT2D eigenvalue weighted by molar-refractivity contribution is 5.83. The van der Waals surface area contributed by atoms with Crippen molar-refractivity contribution >= 4 is 36.6 Å². The Balaban J connectivity index is 0.000000152. The normalized spacial score (nSPS) is 35.0. The summed E-state index contributed by atoms with van der Waals surface area (Å²) >= 11 is 0. The van der Waals surface area contributed by atoms with Crippen molar-refractivity contribution in [3.8, 4) is 0 Å². The number of carbonyl (C=O) groups excluding carboxylic acids is 5. The Bertz CT molecular complexity index is 1660. The van der Waals surface area contributed by atoms with Crippen LogP contribution in [0.2, 0.25) is 0 Å². The lowest BCUT2D eigenvalue weighted by atomic mass is 9.73. The summed E-state index contributed by atoms with van der Waals surface area (Å²) < 4.78 is 21.3. The molecule has 2 atom stereocenters. The monoisotopic (exact) mass is 847 g/mol. The molecule has 15 nitrogen and oxygen atoms in total. The van der Waals surface area contributed by atoms with E-state index in [1.807, 2.05) is 86.0 Å². The fourth-order valence-corrected chi connectivity index (χ4v) is 10.6. The minimum absolute atomic E-state index is 0.0880. The first-order valence-electron chi connectivity index (χ1n) is 21.9. The summed E-state index contributed by atoms with van der Waals surface area (Å²) in [5.41, 5.74) is -2.20. The number of carboxylic acid groups (broad SMARTS) is 1. The summed E-state index contributed by atoms with van der Waals surface area (Å²) in [6.45, 7) is 30.2. The predicted octanol–water partition coefficient (Wildman–Crippen LogP) is 8.25. The maximum Gasteiger partial charge on any atom is 0.411 e. The van der Waals surface area contributed by atoms with Crippen molar-refractivity contribution in [3.63, 3.8) is 0 Å². The van der Waals surface area contributed by atoms with Gasteiger partial charge in [0, 0.05) is 35.7 Å². The first-order chi connectivity index (χ1) is 27.2. The van der Waals surface area contributed by atoms with Crippen LogP contribution in [-0.4, -0.2) is 132 Å². The summed E-state index contributed by atoms with van der Waals surface area (Å²) in [7, 11) is 0. The number of fused-ring (bicyclic) bond motifs is 4. The molecule has 0 radical (unpaired) electrons. The number of aldehydes is 1. The van der Waals surface area contributed by atoms with E-state index in [0.29, 0.717) is 12.0 Å². The van der Waals surface area contributed by atoms with E-state index in [2.05, 4.69) is 6.92 Å². The Labute approximate surface area is 357 Å². The number of hydrogen-bond donors (Lipinski definition) is 1. The van der Waals surface area contributed by atoms with Gasteiger partial charge in [0.05, 0.1) is 6.04 Å². The van der Waals surface area contributed by atoms with Crippen molar-refractivity contribution in [2.45, 2.75) is 212 Å². The maximum absolute atomic E-state index is 12.1. The van der Waals surface area contributed by atoms with Crippen LogP contribution in [0.1, 0.15) is 155 Å². The first-order valence-corrected chi connectivity index (χ1v) is 21.9. The van der Waals surface area contributed by atoms with E-state index in [-0.39, 0.29) is 58.1 Å². The second-order valence-electron chi connectivity index (χ2n) is 23.4. The van der Waals surface area contributed by atoms with Crippen LogP contribution in [0.25, 0.3) is 0 Å². The molecule has 60 heavy (non-hydrogen) atoms. The second kappa shape index (κ2) is 15.8. The minimum atomic E-state index is -0.929. The highest BCUT2D eigenvalue weighted by atomic mass is 16.6. The van der Waals surface area contributed by atoms with Gasteiger partial charge in [-0.25, -0.2) is 24.0 Å². The first kappa shape index (κ1) is 47.3. The molecule has 12 aliphatic rings. The van der Waals surface area contributed by atoms with Crippen molar-refractivity contribution in [3.05, 3.63) is 0 Å². The van der Waals surface area contributed by atoms with E-state index in [1.54, 1.807) is 25.7 Å². The van der Waals surface area contributed by atoms with Gasteiger partial charge in [-0.3, -0.25) is 9.80 Å². The fraction of sp³-hybridized carbons (Fsp3) is 0.867. The van der Waals surface area contributed by atoms with Gasteiger partial charge in [-0.1, -0.05) is 0 Å². The Morgan fingerprint density at radius 3 is 1.35 bits per heavy atom. The van der Waals surface area contributed by atoms with Crippen LogP contribution >= 0.6 is 0 Å². The molecule has 8 aliphatic heterocycles. The largest absolute Gasteiger partial charge is 0.480 e. The Morgan fingerprint density at radius 1 is 0.550 bits per heavy atom. The van der Waals surface area contributed by atoms with E-state index in [4.69, 9.17) is 18.9 Å². The lowest BCUT2D eigenvalue weighted by molar-refractivity contribution is -0.142. The number of ether oxygens (including phenoxy) is 4. The Morgan fingerprint density at radius 2 is 0.967 bits per heavy atom. The predicted molar refractivity (Wildman–Crippen MR) is 223 cm³/mol. The van der Waals surface area contributed by atoms with Gasteiger partial charge in [0.25, 0.3) is 0 Å². The summed E-state index contributed by atoms with van der Waals surface area (Å²) in [6, 6.07) is -0.505. The third-order valence-electron chi connectivity index (χ3n) is 12.9. The summed E-state index contributed by atoms with van der Waals surface area (Å²) in [5.74, 6) is 0.993. The Hall–Kier alpha value is -3.78. The van der Waals surface area contributed by atoms with E-state index in [1.165, 1.54) is 17.7 Å². The average molecular weight is 847 g/mol. The lowest BCUT2D eigenvalue weighted by Gasteiger charge is -2.38. The molecule has 4 amide bonds. The van der Waals surface area contributed by atoms with E-state index in [9.17, 15) is 33.9 Å². The molecule has 4 saturated carbocycles. The number of carbonyl (C=O) groups is 6. The van der Waals surface area contributed by atoms with E-state index < -0.39 is 29.3 Å². The molecule has 2 unspecified atom stereocenters. The molecule has 0 spiro atoms. The molecule has 12 rings (SSSR count). The Kier molecular flexibility index (Phi) is 12.5. The van der Waals surface area contributed by atoms with Gasteiger partial charge in [0.2, 0.25) is 0 Å². The minimum Gasteiger partial charge on any atom is -0.480 e. The smallest absolute Gasteiger partial charge is 0.411 e. The third-order valence-corrected chi connectivity index (χ3v) is 12.9. The summed E-state index contributed by atoms with van der Waals surface area (Å²) in [4.78, 5) is 76.6. The molecular formula is C45H74N4O11. The molecule has 12 fully saturated rings. The van der Waals surface area contributed by atoms with Crippen LogP contribution in [0.4, 0.5) is 19.2 Å². The highest BCUT2D eigenvalue weighted by Gasteiger charge is 2.64. The standard InChI is InChI=1S/C12H19NO4.C12H19NO3.C11H19NO2.C10H17NO2/c1-11(2,3)17-10(16)13-8(9(14)15)7-5-12(13,4)6-7;1-11(2,3)16-10(15)13-9(7-14)8-5-12(13,4)6-8;1-10(2,3)14-9(13)12-7-8-5-11(12,4)6-8;1-10(2,3)13-9(12)11-6-7-4-8(11)5-7/h7-8H,5-6H2,1-4H3,(H,14,15);7-9H,5-6H2,1-4H3;8H,5-7H2,1-4H3;7-8H,4-6H2,1-3H3. The molecule has 8 bridgehead atoms. The van der Waals surface area contributed by atoms with Gasteiger partial charge in [0.15, 0.2) is 0 Å². The van der Waals surface area contributed by atoms with Gasteiger partial charge < -0.3 is 38.6 Å². The van der Waals surface area contributed by atoms with Gasteiger partial charge in [0.1, 0.15) is 34.7 Å². The second-order valence-corrected chi connectivity index (χ2v) is 23.4. The van der Waals surface area contributed by atoms with Crippen LogP contribution in [0.5, 0.6) is 0 Å². The summed E-state index contributed by atoms with van der Waals surface area (Å²) in [5, 5.41) is 9.19. The van der Waals surface area contributed by atoms with E-state index >= 15 is 0 Å². The van der Waals surface area contributed by atoms with Crippen LogP contribution in [-0.2, 0) is 28.5 Å². The highest BCUT2D eigenvalue weighted by Crippen LogP contribution is 2.55. The van der Waals surface area contributed by atoms with Crippen LogP contribution in [0, 0.1) is 23.7 Å². The number of rotatable bonds is 2. The van der Waals surface area contributed by atoms with Crippen LogP contribution in [0.3, 0.4) is 0 Å². The zero-order valence-electron chi connectivity index (χ0n) is 39.0. The summed E-state index contributed by atoms with van der Waals surface area (Å²) in [6.07, 6.45) is 7.85. The molecule has 0 aromatic rings. The topological polar surface area (TPSA) is 173 Å². The average Bonchev–Trinajstić information content (AvgIpc) is 3.83. The van der Waals surface area contributed by atoms with Crippen molar-refractivity contribution in [1.82, 2.24) is 19.6 Å². The van der Waals surface area contributed by atoms with Crippen LogP contribution < -0.4 is 0 Å². The van der Waals surface area contributed by atoms with Crippen molar-refractivity contribution in [1.29, 1.82) is 0 Å². The molecule has 4 aliphatic carbocycles. The number of amides is 4. The number of carboxylic acids is 1. The molecule has 15 heteroatoms. The van der Waals surface area contributed by atoms with Crippen molar-refractivity contribution in [2.24, 2.45) is 23.7 Å². The lowest BCUT2D eigenvalue weighted by Crippen LogP contribution is -2.50. The van der Waals surface area contributed by atoms with Gasteiger partial charge >= 0.3 is 30.3 Å². The van der Waals surface area contributed by atoms with E-state index in [0.717, 1.165) is 69.7 Å². The fourth-order valence-electron chi connectivity index (χ4n) is 10.6. The molecule has 8 heterocycles. The molecule has 1 N–H and O–H groups in total. The molecule has 8 saturated heterocycles. The quantitative estimate of drug-likeness (QED) is 0.210. The van der Waals surface area contributed by atoms with Gasteiger partial charge in [-0.05, 0) is 179 Å². The number of aliphatic carboxylic acids is 1. The molecule has 0 aromatic heterocycles. The van der Waals surface area contributed by atoms with Crippen molar-refractivity contribution in [2.75, 3.05) is 13.1 Å². The molecular weight excluding hydrogens is 773 g/mol. The maximum atomic E-state index is 12.1. The zero-order valence-corrected chi connectivity index (χ0v) is 39.0. The number of hydrogen-bond acceptors (Lipinski definition) is 10. The van der Waals surface area contributed by atoms with Gasteiger partial charge in [-0.15, -0.1) is 0 Å². The SMILES string of the molecule is CC(C)(C)OC(=O)N1C(C(=O)O)C2CC1(C)C2.CC(C)(C)OC(=O)N1C(C=O)C2CC1(C)C2.CC(C)(C)OC(=O)N1CC2CC1(C)C2.CC(C)(C)OC(=O)N1CC2CC1C2. The molecule has 0 aromatic carbocycles. The van der Waals surface area contributed by atoms with Crippen molar-refractivity contribution < 1.29 is 52.8 Å². The molecule has 340 valence electrons. The third kappa shape index (κ3) is 10.3. The zero-order chi connectivity index (χ0) is 45.3. The van der Waals surface area contributed by atoms with Gasteiger partial charge in [-0.2, -0.15) is 0 Å². The van der Waals surface area contributed by atoms with Crippen LogP contribution in [0.15, 0.2) is 0 Å².